The predicted octanol–water partition coefficient (Wildman–Crippen LogP) is 3.49. The molecule has 0 heterocycles. The molecule has 0 saturated heterocycles. The second-order valence-corrected chi connectivity index (χ2v) is 7.59. The zero-order valence-corrected chi connectivity index (χ0v) is 14.4. The Bertz CT molecular complexity index is 881. The highest BCUT2D eigenvalue weighted by molar-refractivity contribution is 7.88. The minimum atomic E-state index is -3.68. The number of hydrogen-bond acceptors (Lipinski definition) is 3. The molecule has 0 aliphatic carbocycles. The van der Waals surface area contributed by atoms with E-state index in [2.05, 4.69) is 0 Å². The van der Waals surface area contributed by atoms with Gasteiger partial charge in [0.25, 0.3) is 5.91 Å². The number of amides is 1. The highest BCUT2D eigenvalue weighted by Crippen LogP contribution is 2.32. The van der Waals surface area contributed by atoms with E-state index in [1.807, 2.05) is 0 Å². The van der Waals surface area contributed by atoms with Crippen LogP contribution >= 0.6 is 11.6 Å². The summed E-state index contributed by atoms with van der Waals surface area (Å²) in [6, 6.07) is 9.11. The maximum atomic E-state index is 14.3. The number of benzene rings is 2. The Labute approximate surface area is 139 Å². The van der Waals surface area contributed by atoms with Crippen LogP contribution in [0.1, 0.15) is 15.9 Å². The third-order valence-corrected chi connectivity index (χ3v) is 4.97. The summed E-state index contributed by atoms with van der Waals surface area (Å²) >= 11 is 6.12. The topological polar surface area (TPSA) is 54.5 Å². The lowest BCUT2D eigenvalue weighted by atomic mass is 10.00. The molecule has 0 atom stereocenters. The minimum Gasteiger partial charge on any atom is -0.268 e. The van der Waals surface area contributed by atoms with Gasteiger partial charge in [0, 0.05) is 28.8 Å². The summed E-state index contributed by atoms with van der Waals surface area (Å²) in [7, 11) is -2.51. The molecule has 0 N–H and O–H groups in total. The summed E-state index contributed by atoms with van der Waals surface area (Å²) in [4.78, 5) is 12.2. The lowest BCUT2D eigenvalue weighted by Crippen LogP contribution is -2.32. The number of aryl methyl sites for hydroxylation is 1. The first-order valence-corrected chi connectivity index (χ1v) is 8.89. The third-order valence-electron chi connectivity index (χ3n) is 3.48. The van der Waals surface area contributed by atoms with Crippen LogP contribution in [-0.4, -0.2) is 31.9 Å². The largest absolute Gasteiger partial charge is 0.268 e. The van der Waals surface area contributed by atoms with Crippen molar-refractivity contribution in [3.63, 3.8) is 0 Å². The van der Waals surface area contributed by atoms with Crippen LogP contribution < -0.4 is 0 Å². The van der Waals surface area contributed by atoms with Crippen molar-refractivity contribution < 1.29 is 17.6 Å². The van der Waals surface area contributed by atoms with Gasteiger partial charge in [0.1, 0.15) is 5.82 Å². The number of halogens is 2. The van der Waals surface area contributed by atoms with E-state index >= 15 is 0 Å². The van der Waals surface area contributed by atoms with Crippen LogP contribution in [0.2, 0.25) is 5.02 Å². The fourth-order valence-electron chi connectivity index (χ4n) is 2.05. The van der Waals surface area contributed by atoms with Crippen LogP contribution in [0.3, 0.4) is 0 Å². The maximum absolute atomic E-state index is 14.3. The fraction of sp³-hybridized carbons (Fsp3) is 0.188. The lowest BCUT2D eigenvalue weighted by molar-refractivity contribution is 0.0884. The maximum Gasteiger partial charge on any atom is 0.267 e. The Balaban J connectivity index is 2.57. The van der Waals surface area contributed by atoms with Gasteiger partial charge in [-0.15, -0.1) is 0 Å². The summed E-state index contributed by atoms with van der Waals surface area (Å²) < 4.78 is 37.9. The molecule has 2 aromatic rings. The Morgan fingerprint density at radius 1 is 1.17 bits per heavy atom. The molecule has 1 amide bonds. The van der Waals surface area contributed by atoms with Gasteiger partial charge in [0.15, 0.2) is 0 Å². The first-order valence-electron chi connectivity index (χ1n) is 6.66. The van der Waals surface area contributed by atoms with Crippen molar-refractivity contribution in [3.8, 4) is 11.1 Å². The molecule has 4 nitrogen and oxygen atoms in total. The van der Waals surface area contributed by atoms with Crippen LogP contribution in [0, 0.1) is 12.7 Å². The molecule has 0 aliphatic heterocycles. The number of nitrogens with zero attached hydrogens (tertiary/aromatic N) is 1. The summed E-state index contributed by atoms with van der Waals surface area (Å²) in [5.41, 5.74) is 1.15. The highest BCUT2D eigenvalue weighted by Gasteiger charge is 2.21. The molecular formula is C16H15ClFNO3S. The Kier molecular flexibility index (Phi) is 4.77. The van der Waals surface area contributed by atoms with Gasteiger partial charge >= 0.3 is 0 Å². The van der Waals surface area contributed by atoms with Crippen molar-refractivity contribution in [2.45, 2.75) is 6.92 Å². The lowest BCUT2D eigenvalue weighted by Gasteiger charge is -2.16. The number of hydrogen-bond donors (Lipinski definition) is 0. The molecule has 7 heteroatoms. The van der Waals surface area contributed by atoms with Gasteiger partial charge in [0.2, 0.25) is 10.0 Å². The number of carbonyl (C=O) groups excluding carboxylic acids is 1. The van der Waals surface area contributed by atoms with Crippen molar-refractivity contribution >= 4 is 27.5 Å². The van der Waals surface area contributed by atoms with E-state index in [0.717, 1.165) is 6.26 Å². The zero-order chi connectivity index (χ0) is 17.4. The molecule has 0 radical (unpaired) electrons. The SMILES string of the molecule is Cc1cccc(-c2cc(C(=O)N(C)S(C)(=O)=O)ccc2Cl)c1F. The van der Waals surface area contributed by atoms with Gasteiger partial charge < -0.3 is 0 Å². The minimum absolute atomic E-state index is 0.109. The zero-order valence-electron chi connectivity index (χ0n) is 12.8. The molecule has 0 saturated carbocycles. The van der Waals surface area contributed by atoms with Gasteiger partial charge in [-0.1, -0.05) is 29.8 Å². The van der Waals surface area contributed by atoms with Crippen molar-refractivity contribution in [1.82, 2.24) is 4.31 Å². The Morgan fingerprint density at radius 2 is 1.83 bits per heavy atom. The normalized spacial score (nSPS) is 11.3. The van der Waals surface area contributed by atoms with Crippen LogP contribution in [0.15, 0.2) is 36.4 Å². The molecule has 0 spiro atoms. The Hall–Kier alpha value is -1.92. The van der Waals surface area contributed by atoms with E-state index in [1.54, 1.807) is 25.1 Å². The van der Waals surface area contributed by atoms with Gasteiger partial charge in [-0.2, -0.15) is 0 Å². The second-order valence-electron chi connectivity index (χ2n) is 5.17. The first-order chi connectivity index (χ1) is 10.6. The van der Waals surface area contributed by atoms with E-state index in [4.69, 9.17) is 11.6 Å². The molecule has 2 rings (SSSR count). The first kappa shape index (κ1) is 17.4. The molecule has 0 bridgehead atoms. The van der Waals surface area contributed by atoms with E-state index in [0.29, 0.717) is 15.4 Å². The summed E-state index contributed by atoms with van der Waals surface area (Å²) in [5.74, 6) is -1.14. The summed E-state index contributed by atoms with van der Waals surface area (Å²) in [6.45, 7) is 1.62. The van der Waals surface area contributed by atoms with Crippen LogP contribution in [0.5, 0.6) is 0 Å². The van der Waals surface area contributed by atoms with E-state index < -0.39 is 21.7 Å². The van der Waals surface area contributed by atoms with E-state index in [-0.39, 0.29) is 16.1 Å². The quantitative estimate of drug-likeness (QED) is 0.846. The van der Waals surface area contributed by atoms with Crippen LogP contribution in [-0.2, 0) is 10.0 Å². The molecule has 23 heavy (non-hydrogen) atoms. The Morgan fingerprint density at radius 3 is 2.43 bits per heavy atom. The van der Waals surface area contributed by atoms with Crippen LogP contribution in [0.25, 0.3) is 11.1 Å². The molecule has 2 aromatic carbocycles. The van der Waals surface area contributed by atoms with Crippen LogP contribution in [0.4, 0.5) is 4.39 Å². The number of carbonyl (C=O) groups is 1. The average Bonchev–Trinajstić information content (AvgIpc) is 2.48. The summed E-state index contributed by atoms with van der Waals surface area (Å²) in [6.07, 6.45) is 0.932. The van der Waals surface area contributed by atoms with E-state index in [9.17, 15) is 17.6 Å². The molecular weight excluding hydrogens is 341 g/mol. The molecule has 0 aliphatic rings. The monoisotopic (exact) mass is 355 g/mol. The predicted molar refractivity (Wildman–Crippen MR) is 88.5 cm³/mol. The van der Waals surface area contributed by atoms with Gasteiger partial charge in [-0.3, -0.25) is 4.79 Å². The molecule has 122 valence electrons. The standard InChI is InChI=1S/C16H15ClFNO3S/c1-10-5-4-6-12(15(10)18)13-9-11(7-8-14(13)17)16(20)19(2)23(3,21)22/h4-9H,1-3H3. The highest BCUT2D eigenvalue weighted by atomic mass is 35.5. The number of sulfonamides is 1. The molecule has 0 unspecified atom stereocenters. The average molecular weight is 356 g/mol. The fourth-order valence-corrected chi connectivity index (χ4v) is 2.68. The molecule has 0 fully saturated rings. The number of rotatable bonds is 3. The summed E-state index contributed by atoms with van der Waals surface area (Å²) in [5, 5.41) is 0.271. The smallest absolute Gasteiger partial charge is 0.267 e. The molecule has 0 aromatic heterocycles. The second kappa shape index (κ2) is 6.29. The van der Waals surface area contributed by atoms with Crippen molar-refractivity contribution in [1.29, 1.82) is 0 Å². The van der Waals surface area contributed by atoms with Crippen molar-refractivity contribution in [2.75, 3.05) is 13.3 Å². The van der Waals surface area contributed by atoms with Crippen molar-refractivity contribution in [3.05, 3.63) is 58.4 Å². The van der Waals surface area contributed by atoms with Gasteiger partial charge in [-0.25, -0.2) is 17.1 Å². The third kappa shape index (κ3) is 3.54. The van der Waals surface area contributed by atoms with Gasteiger partial charge in [-0.05, 0) is 30.7 Å². The van der Waals surface area contributed by atoms with Crippen molar-refractivity contribution in [2.24, 2.45) is 0 Å². The van der Waals surface area contributed by atoms with E-state index in [1.165, 1.54) is 25.2 Å². The van der Waals surface area contributed by atoms with Gasteiger partial charge in [0.05, 0.1) is 6.26 Å².